The summed E-state index contributed by atoms with van der Waals surface area (Å²) in [5.74, 6) is 1.10. The molecule has 12 heavy (non-hydrogen) atoms. The summed E-state index contributed by atoms with van der Waals surface area (Å²) >= 11 is 0. The van der Waals surface area contributed by atoms with Crippen molar-refractivity contribution in [1.82, 2.24) is 4.90 Å². The highest BCUT2D eigenvalue weighted by molar-refractivity contribution is 5.81. The molecule has 0 aromatic carbocycles. The number of nitrogens with zero attached hydrogens (tertiary/aromatic N) is 1. The Kier molecular flexibility index (Phi) is 2.89. The number of likely N-dealkylation sites (N-methyl/N-ethyl adjacent to an activating group) is 1. The van der Waals surface area contributed by atoms with Crippen LogP contribution in [0.15, 0.2) is 0 Å². The van der Waals surface area contributed by atoms with Gasteiger partial charge in [-0.05, 0) is 32.7 Å². The van der Waals surface area contributed by atoms with Crippen LogP contribution in [0.25, 0.3) is 0 Å². The van der Waals surface area contributed by atoms with Gasteiger partial charge in [0.15, 0.2) is 0 Å². The second-order valence-electron chi connectivity index (χ2n) is 3.98. The number of carbonyl (C=O) groups is 1. The quantitative estimate of drug-likeness (QED) is 0.638. The molecule has 1 rings (SSSR count). The van der Waals surface area contributed by atoms with Gasteiger partial charge in [0.1, 0.15) is 5.78 Å². The Morgan fingerprint density at radius 2 is 2.17 bits per heavy atom. The van der Waals surface area contributed by atoms with Gasteiger partial charge >= 0.3 is 0 Å². The number of hydrogen-bond donors (Lipinski definition) is 0. The topological polar surface area (TPSA) is 20.3 Å². The third kappa shape index (κ3) is 1.86. The lowest BCUT2D eigenvalue weighted by molar-refractivity contribution is -0.122. The molecule has 0 bridgehead atoms. The molecule has 3 unspecified atom stereocenters. The molecule has 0 amide bonds. The Labute approximate surface area is 74.9 Å². The fraction of sp³-hybridized carbons (Fsp3) is 0.900. The van der Waals surface area contributed by atoms with Gasteiger partial charge in [-0.3, -0.25) is 9.69 Å². The van der Waals surface area contributed by atoms with Gasteiger partial charge in [-0.1, -0.05) is 13.8 Å². The van der Waals surface area contributed by atoms with Crippen LogP contribution in [0.4, 0.5) is 0 Å². The van der Waals surface area contributed by atoms with E-state index in [1.165, 1.54) is 6.42 Å². The first kappa shape index (κ1) is 9.72. The summed E-state index contributed by atoms with van der Waals surface area (Å²) in [6, 6.07) is 0.818. The molecule has 2 nitrogen and oxygen atoms in total. The van der Waals surface area contributed by atoms with Crippen molar-refractivity contribution in [2.45, 2.75) is 45.7 Å². The van der Waals surface area contributed by atoms with Crippen molar-refractivity contribution < 1.29 is 4.79 Å². The molecule has 2 heteroatoms. The lowest BCUT2D eigenvalue weighted by Crippen LogP contribution is -2.38. The summed E-state index contributed by atoms with van der Waals surface area (Å²) in [6.07, 6.45) is 2.20. The SMILES string of the molecule is CCC(C(C)=O)N(C)C1CC1C. The van der Waals surface area contributed by atoms with E-state index >= 15 is 0 Å². The van der Waals surface area contributed by atoms with Gasteiger partial charge in [-0.15, -0.1) is 0 Å². The lowest BCUT2D eigenvalue weighted by Gasteiger charge is -2.24. The van der Waals surface area contributed by atoms with E-state index in [2.05, 4.69) is 25.8 Å². The Balaban J connectivity index is 2.48. The Hall–Kier alpha value is -0.370. The van der Waals surface area contributed by atoms with Crippen LogP contribution in [0.3, 0.4) is 0 Å². The number of carbonyl (C=O) groups excluding carboxylic acids is 1. The number of hydrogen-bond acceptors (Lipinski definition) is 2. The largest absolute Gasteiger partial charge is 0.298 e. The molecule has 0 aliphatic heterocycles. The molecule has 1 fully saturated rings. The first-order valence-corrected chi connectivity index (χ1v) is 4.80. The second-order valence-corrected chi connectivity index (χ2v) is 3.98. The van der Waals surface area contributed by atoms with Crippen molar-refractivity contribution >= 4 is 5.78 Å². The Morgan fingerprint density at radius 1 is 1.67 bits per heavy atom. The number of rotatable bonds is 4. The van der Waals surface area contributed by atoms with Gasteiger partial charge in [0.2, 0.25) is 0 Å². The summed E-state index contributed by atoms with van der Waals surface area (Å²) in [5, 5.41) is 0. The van der Waals surface area contributed by atoms with Gasteiger partial charge in [0.25, 0.3) is 0 Å². The average Bonchev–Trinajstić information content (AvgIpc) is 2.67. The van der Waals surface area contributed by atoms with Crippen LogP contribution in [-0.2, 0) is 4.79 Å². The zero-order chi connectivity index (χ0) is 9.30. The Morgan fingerprint density at radius 3 is 2.42 bits per heavy atom. The highest BCUT2D eigenvalue weighted by Crippen LogP contribution is 2.35. The van der Waals surface area contributed by atoms with E-state index < -0.39 is 0 Å². The van der Waals surface area contributed by atoms with E-state index in [1.807, 2.05) is 0 Å². The average molecular weight is 169 g/mol. The standard InChI is InChI=1S/C10H19NO/c1-5-9(8(3)12)11(4)10-6-7(10)2/h7,9-10H,5-6H2,1-4H3. The predicted molar refractivity (Wildman–Crippen MR) is 50.1 cm³/mol. The first-order valence-electron chi connectivity index (χ1n) is 4.80. The highest BCUT2D eigenvalue weighted by atomic mass is 16.1. The second kappa shape index (κ2) is 3.56. The van der Waals surface area contributed by atoms with Crippen LogP contribution in [0.2, 0.25) is 0 Å². The van der Waals surface area contributed by atoms with Crippen molar-refractivity contribution in [3.63, 3.8) is 0 Å². The molecule has 0 radical (unpaired) electrons. The summed E-state index contributed by atoms with van der Waals surface area (Å²) in [7, 11) is 2.07. The van der Waals surface area contributed by atoms with Crippen molar-refractivity contribution in [3.8, 4) is 0 Å². The van der Waals surface area contributed by atoms with Crippen molar-refractivity contribution in [2.75, 3.05) is 7.05 Å². The van der Waals surface area contributed by atoms with Gasteiger partial charge in [-0.25, -0.2) is 0 Å². The maximum atomic E-state index is 11.2. The smallest absolute Gasteiger partial charge is 0.146 e. The summed E-state index contributed by atoms with van der Waals surface area (Å²) in [5.41, 5.74) is 0. The molecule has 1 saturated carbocycles. The molecule has 0 spiro atoms. The maximum absolute atomic E-state index is 11.2. The van der Waals surface area contributed by atoms with Crippen LogP contribution < -0.4 is 0 Å². The van der Waals surface area contributed by atoms with Crippen LogP contribution in [0, 0.1) is 5.92 Å². The van der Waals surface area contributed by atoms with Crippen LogP contribution in [0.5, 0.6) is 0 Å². The molecule has 70 valence electrons. The monoisotopic (exact) mass is 169 g/mol. The third-order valence-electron chi connectivity index (χ3n) is 2.94. The first-order chi connectivity index (χ1) is 5.57. The molecule has 0 aromatic rings. The minimum atomic E-state index is 0.153. The van der Waals surface area contributed by atoms with E-state index in [-0.39, 0.29) is 6.04 Å². The summed E-state index contributed by atoms with van der Waals surface area (Å²) < 4.78 is 0. The van der Waals surface area contributed by atoms with Crippen molar-refractivity contribution in [2.24, 2.45) is 5.92 Å². The zero-order valence-corrected chi connectivity index (χ0v) is 8.50. The van der Waals surface area contributed by atoms with E-state index in [0.717, 1.165) is 12.3 Å². The predicted octanol–water partition coefficient (Wildman–Crippen LogP) is 1.69. The molecule has 1 aliphatic carbocycles. The number of Topliss-reactive ketones (excluding diaryl/α,β-unsaturated/α-hetero) is 1. The van der Waals surface area contributed by atoms with E-state index in [1.54, 1.807) is 6.92 Å². The molecule has 0 aromatic heterocycles. The fourth-order valence-electron chi connectivity index (χ4n) is 1.96. The van der Waals surface area contributed by atoms with Crippen LogP contribution in [-0.4, -0.2) is 29.8 Å². The Bertz CT molecular complexity index is 179. The van der Waals surface area contributed by atoms with E-state index in [0.29, 0.717) is 11.8 Å². The molecule has 0 N–H and O–H groups in total. The zero-order valence-electron chi connectivity index (χ0n) is 8.50. The molecule has 3 atom stereocenters. The molecular weight excluding hydrogens is 150 g/mol. The number of ketones is 1. The lowest BCUT2D eigenvalue weighted by atomic mass is 10.1. The fourth-order valence-corrected chi connectivity index (χ4v) is 1.96. The summed E-state index contributed by atoms with van der Waals surface area (Å²) in [4.78, 5) is 13.5. The summed E-state index contributed by atoms with van der Waals surface area (Å²) in [6.45, 7) is 6.02. The van der Waals surface area contributed by atoms with Gasteiger partial charge in [0.05, 0.1) is 6.04 Å². The van der Waals surface area contributed by atoms with Gasteiger partial charge in [-0.2, -0.15) is 0 Å². The molecule has 1 aliphatic rings. The molecule has 0 heterocycles. The third-order valence-corrected chi connectivity index (χ3v) is 2.94. The van der Waals surface area contributed by atoms with Gasteiger partial charge in [0, 0.05) is 6.04 Å². The minimum Gasteiger partial charge on any atom is -0.298 e. The maximum Gasteiger partial charge on any atom is 0.146 e. The van der Waals surface area contributed by atoms with Crippen molar-refractivity contribution in [1.29, 1.82) is 0 Å². The van der Waals surface area contributed by atoms with Gasteiger partial charge < -0.3 is 0 Å². The minimum absolute atomic E-state index is 0.153. The van der Waals surface area contributed by atoms with Crippen molar-refractivity contribution in [3.05, 3.63) is 0 Å². The normalized spacial score (nSPS) is 30.4. The molecular formula is C10H19NO. The van der Waals surface area contributed by atoms with Crippen LogP contribution >= 0.6 is 0 Å². The molecule has 0 saturated heterocycles. The van der Waals surface area contributed by atoms with E-state index in [9.17, 15) is 4.79 Å². The highest BCUT2D eigenvalue weighted by Gasteiger charge is 2.39. The van der Waals surface area contributed by atoms with E-state index in [4.69, 9.17) is 0 Å². The van der Waals surface area contributed by atoms with Crippen LogP contribution in [0.1, 0.15) is 33.6 Å².